The van der Waals surface area contributed by atoms with Crippen LogP contribution in [0.5, 0.6) is 0 Å². The van der Waals surface area contributed by atoms with Gasteiger partial charge < -0.3 is 10.1 Å². The van der Waals surface area contributed by atoms with Gasteiger partial charge in [-0.15, -0.1) is 0 Å². The second-order valence-corrected chi connectivity index (χ2v) is 5.51. The summed E-state index contributed by atoms with van der Waals surface area (Å²) in [7, 11) is 0. The number of nitriles is 2. The van der Waals surface area contributed by atoms with Gasteiger partial charge in [0.25, 0.3) is 0 Å². The molecule has 1 unspecified atom stereocenters. The van der Waals surface area contributed by atoms with Crippen LogP contribution >= 0.6 is 11.8 Å². The number of carbonyl (C=O) groups excluding carboxylic acids is 1. The Bertz CT molecular complexity index is 714. The van der Waals surface area contributed by atoms with E-state index < -0.39 is 46.3 Å². The van der Waals surface area contributed by atoms with Crippen molar-refractivity contribution in [1.82, 2.24) is 0 Å². The van der Waals surface area contributed by atoms with Gasteiger partial charge in [0, 0.05) is 0 Å². The summed E-state index contributed by atoms with van der Waals surface area (Å²) in [6, 6.07) is 1.47. The van der Waals surface area contributed by atoms with Crippen LogP contribution in [-0.2, 0) is 9.53 Å². The van der Waals surface area contributed by atoms with Crippen molar-refractivity contribution < 1.29 is 22.7 Å². The normalized spacial score (nSPS) is 11.3. The number of thioether (sulfide) groups is 1. The molecule has 5 nitrogen and oxygen atoms in total. The quantitative estimate of drug-likeness (QED) is 0.596. The maximum absolute atomic E-state index is 14.1. The second kappa shape index (κ2) is 9.04. The number of hydrogen-bond acceptors (Lipinski definition) is 6. The lowest BCUT2D eigenvalue weighted by Gasteiger charge is -2.20. The molecule has 0 bridgehead atoms. The molecule has 0 amide bonds. The summed E-state index contributed by atoms with van der Waals surface area (Å²) < 4.78 is 46.8. The van der Waals surface area contributed by atoms with Crippen LogP contribution in [0.1, 0.15) is 24.5 Å². The van der Waals surface area contributed by atoms with E-state index in [0.717, 1.165) is 0 Å². The number of hydrogen-bond donors (Lipinski definition) is 1. The average molecular weight is 357 g/mol. The van der Waals surface area contributed by atoms with Crippen molar-refractivity contribution in [2.24, 2.45) is 0 Å². The molecule has 0 aromatic heterocycles. The molecule has 0 aliphatic rings. The summed E-state index contributed by atoms with van der Waals surface area (Å²) in [4.78, 5) is 11.9. The third-order valence-corrected chi connectivity index (χ3v) is 3.69. The average Bonchev–Trinajstić information content (AvgIpc) is 2.56. The Morgan fingerprint density at radius 1 is 1.21 bits per heavy atom. The van der Waals surface area contributed by atoms with E-state index in [0.29, 0.717) is 5.75 Å². The summed E-state index contributed by atoms with van der Waals surface area (Å²) in [5.41, 5.74) is -2.86. The summed E-state index contributed by atoms with van der Waals surface area (Å²) in [5.74, 6) is -5.04. The molecule has 0 radical (unpaired) electrons. The number of benzene rings is 1. The molecule has 1 N–H and O–H groups in total. The number of anilines is 1. The van der Waals surface area contributed by atoms with Gasteiger partial charge in [-0.05, 0) is 25.4 Å². The zero-order chi connectivity index (χ0) is 18.3. The fourth-order valence-corrected chi connectivity index (χ4v) is 2.37. The van der Waals surface area contributed by atoms with Crippen molar-refractivity contribution in [3.8, 4) is 12.1 Å². The molecule has 1 rings (SSSR count). The van der Waals surface area contributed by atoms with Crippen LogP contribution in [0.15, 0.2) is 0 Å². The van der Waals surface area contributed by atoms with E-state index in [9.17, 15) is 18.0 Å². The number of carbonyl (C=O) groups is 1. The smallest absolute Gasteiger partial charge is 0.328 e. The van der Waals surface area contributed by atoms with Gasteiger partial charge in [0.2, 0.25) is 0 Å². The highest BCUT2D eigenvalue weighted by molar-refractivity contribution is 7.98. The van der Waals surface area contributed by atoms with E-state index in [1.54, 1.807) is 13.2 Å². The third kappa shape index (κ3) is 4.12. The number of nitrogens with one attached hydrogen (secondary N) is 1. The van der Waals surface area contributed by atoms with E-state index in [1.807, 2.05) is 0 Å². The van der Waals surface area contributed by atoms with E-state index in [4.69, 9.17) is 15.3 Å². The minimum atomic E-state index is -1.72. The molecule has 24 heavy (non-hydrogen) atoms. The van der Waals surface area contributed by atoms with Crippen molar-refractivity contribution in [2.75, 3.05) is 23.9 Å². The zero-order valence-electron chi connectivity index (χ0n) is 13.0. The van der Waals surface area contributed by atoms with Gasteiger partial charge in [0.05, 0.1) is 12.3 Å². The van der Waals surface area contributed by atoms with Gasteiger partial charge in [-0.2, -0.15) is 22.3 Å². The lowest BCUT2D eigenvalue weighted by molar-refractivity contribution is -0.144. The Labute approximate surface area is 141 Å². The van der Waals surface area contributed by atoms with Crippen LogP contribution in [0.25, 0.3) is 0 Å². The van der Waals surface area contributed by atoms with E-state index in [1.165, 1.54) is 23.9 Å². The Balaban J connectivity index is 3.36. The molecule has 1 atom stereocenters. The molecule has 0 saturated heterocycles. The zero-order valence-corrected chi connectivity index (χ0v) is 13.8. The van der Waals surface area contributed by atoms with Crippen LogP contribution in [0, 0.1) is 40.1 Å². The summed E-state index contributed by atoms with van der Waals surface area (Å²) >= 11 is 1.40. The number of nitrogens with zero attached hydrogens (tertiary/aromatic N) is 2. The molecule has 0 heterocycles. The Morgan fingerprint density at radius 3 is 2.33 bits per heavy atom. The van der Waals surface area contributed by atoms with E-state index in [-0.39, 0.29) is 13.0 Å². The molecule has 1 aromatic rings. The van der Waals surface area contributed by atoms with Gasteiger partial charge in [-0.3, -0.25) is 0 Å². The highest BCUT2D eigenvalue weighted by Gasteiger charge is 2.29. The van der Waals surface area contributed by atoms with Crippen LogP contribution in [-0.4, -0.2) is 30.6 Å². The number of rotatable bonds is 7. The first kappa shape index (κ1) is 19.7. The topological polar surface area (TPSA) is 85.9 Å². The standard InChI is InChI=1S/C15H14F3N3O2S/c1-3-23-15(22)10(4-5-24-2)21-14-9(7-20)11(16)8(6-19)12(17)13(14)18/h10,21H,3-5H2,1-2H3. The predicted molar refractivity (Wildman–Crippen MR) is 82.8 cm³/mol. The molecule has 9 heteroatoms. The monoisotopic (exact) mass is 357 g/mol. The Morgan fingerprint density at radius 2 is 1.83 bits per heavy atom. The van der Waals surface area contributed by atoms with Gasteiger partial charge in [0.15, 0.2) is 17.5 Å². The number of halogens is 3. The molecular weight excluding hydrogens is 343 g/mol. The molecule has 0 fully saturated rings. The first-order chi connectivity index (χ1) is 11.4. The van der Waals surface area contributed by atoms with Gasteiger partial charge in [-0.25, -0.2) is 18.0 Å². The Hall–Kier alpha value is -2.39. The van der Waals surface area contributed by atoms with Crippen LogP contribution < -0.4 is 5.32 Å². The van der Waals surface area contributed by atoms with Crippen molar-refractivity contribution >= 4 is 23.4 Å². The van der Waals surface area contributed by atoms with Gasteiger partial charge >= 0.3 is 5.97 Å². The summed E-state index contributed by atoms with van der Waals surface area (Å²) in [6.45, 7) is 1.64. The number of esters is 1. The fraction of sp³-hybridized carbons (Fsp3) is 0.400. The minimum absolute atomic E-state index is 0.0694. The predicted octanol–water partition coefficient (Wildman–Crippen LogP) is 2.94. The van der Waals surface area contributed by atoms with Crippen LogP contribution in [0.3, 0.4) is 0 Å². The molecular formula is C15H14F3N3O2S. The third-order valence-electron chi connectivity index (χ3n) is 3.04. The van der Waals surface area contributed by atoms with Crippen molar-refractivity contribution in [2.45, 2.75) is 19.4 Å². The molecule has 0 spiro atoms. The van der Waals surface area contributed by atoms with Crippen LogP contribution in [0.4, 0.5) is 18.9 Å². The highest BCUT2D eigenvalue weighted by atomic mass is 32.2. The van der Waals surface area contributed by atoms with E-state index >= 15 is 0 Å². The fourth-order valence-electron chi connectivity index (χ4n) is 1.90. The first-order valence-electron chi connectivity index (χ1n) is 6.85. The van der Waals surface area contributed by atoms with Gasteiger partial charge in [-0.1, -0.05) is 0 Å². The summed E-state index contributed by atoms with van der Waals surface area (Å²) in [6.07, 6.45) is 1.97. The number of ether oxygens (including phenoxy) is 1. The van der Waals surface area contributed by atoms with E-state index in [2.05, 4.69) is 5.32 Å². The molecule has 0 aliphatic heterocycles. The SMILES string of the molecule is CCOC(=O)C(CCSC)Nc1c(F)c(F)c(C#N)c(F)c1C#N. The Kier molecular flexibility index (Phi) is 7.40. The van der Waals surface area contributed by atoms with Crippen molar-refractivity contribution in [3.05, 3.63) is 28.6 Å². The lowest BCUT2D eigenvalue weighted by Crippen LogP contribution is -2.33. The largest absolute Gasteiger partial charge is 0.464 e. The summed E-state index contributed by atoms with van der Waals surface area (Å²) in [5, 5.41) is 20.0. The molecule has 128 valence electrons. The molecule has 1 aromatic carbocycles. The second-order valence-electron chi connectivity index (χ2n) is 4.52. The van der Waals surface area contributed by atoms with Crippen LogP contribution in [0.2, 0.25) is 0 Å². The highest BCUT2D eigenvalue weighted by Crippen LogP contribution is 2.29. The maximum Gasteiger partial charge on any atom is 0.328 e. The van der Waals surface area contributed by atoms with Crippen molar-refractivity contribution in [1.29, 1.82) is 10.5 Å². The molecule has 0 saturated carbocycles. The van der Waals surface area contributed by atoms with Crippen molar-refractivity contribution in [3.63, 3.8) is 0 Å². The maximum atomic E-state index is 14.1. The minimum Gasteiger partial charge on any atom is -0.464 e. The van der Waals surface area contributed by atoms with Gasteiger partial charge in [0.1, 0.15) is 29.3 Å². The first-order valence-corrected chi connectivity index (χ1v) is 8.24. The lowest BCUT2D eigenvalue weighted by atomic mass is 10.1. The molecule has 0 aliphatic carbocycles.